The quantitative estimate of drug-likeness (QED) is 0.818. The van der Waals surface area contributed by atoms with Gasteiger partial charge in [-0.2, -0.15) is 0 Å². The van der Waals surface area contributed by atoms with E-state index in [1.807, 2.05) is 38.1 Å². The average Bonchev–Trinajstić information content (AvgIpc) is 2.71. The number of aryl methyl sites for hydroxylation is 1. The van der Waals surface area contributed by atoms with Gasteiger partial charge < -0.3 is 11.1 Å². The minimum atomic E-state index is -0.964. The molecule has 108 valence electrons. The van der Waals surface area contributed by atoms with E-state index in [-0.39, 0.29) is 24.5 Å². The average molecular weight is 275 g/mol. The van der Waals surface area contributed by atoms with Crippen molar-refractivity contribution in [3.63, 3.8) is 0 Å². The van der Waals surface area contributed by atoms with Crippen LogP contribution in [-0.2, 0) is 10.3 Å². The molecule has 2 rings (SSSR count). The van der Waals surface area contributed by atoms with Crippen LogP contribution in [0, 0.1) is 6.92 Å². The molecule has 1 heterocycles. The van der Waals surface area contributed by atoms with Crippen molar-refractivity contribution in [3.8, 4) is 0 Å². The molecule has 0 radical (unpaired) electrons. The summed E-state index contributed by atoms with van der Waals surface area (Å²) in [5, 5.41) is 2.85. The Bertz CT molecular complexity index is 526. The van der Waals surface area contributed by atoms with Gasteiger partial charge in [-0.3, -0.25) is 9.69 Å². The number of carbonyl (C=O) groups excluding carboxylic acids is 2. The van der Waals surface area contributed by atoms with Gasteiger partial charge in [0.25, 0.3) is 5.91 Å². The van der Waals surface area contributed by atoms with Crippen LogP contribution in [0.4, 0.5) is 4.79 Å². The zero-order valence-electron chi connectivity index (χ0n) is 12.1. The summed E-state index contributed by atoms with van der Waals surface area (Å²) in [5.74, 6) is -0.216. The van der Waals surface area contributed by atoms with Gasteiger partial charge in [-0.25, -0.2) is 4.79 Å². The Kier molecular flexibility index (Phi) is 3.81. The summed E-state index contributed by atoms with van der Waals surface area (Å²) in [6.07, 6.45) is 0.508. The van der Waals surface area contributed by atoms with E-state index in [0.29, 0.717) is 6.42 Å². The van der Waals surface area contributed by atoms with E-state index < -0.39 is 5.54 Å². The third-order valence-corrected chi connectivity index (χ3v) is 3.98. The minimum absolute atomic E-state index is 0.216. The molecule has 20 heavy (non-hydrogen) atoms. The molecule has 1 aliphatic heterocycles. The number of carbonyl (C=O) groups is 2. The second kappa shape index (κ2) is 5.25. The number of rotatable bonds is 4. The molecule has 0 spiro atoms. The van der Waals surface area contributed by atoms with Gasteiger partial charge in [0, 0.05) is 6.54 Å². The molecule has 0 saturated carbocycles. The molecular formula is C15H21N3O2. The Morgan fingerprint density at radius 3 is 2.40 bits per heavy atom. The lowest BCUT2D eigenvalue weighted by molar-refractivity contribution is -0.133. The number of hydrogen-bond acceptors (Lipinski definition) is 3. The number of imide groups is 1. The smallest absolute Gasteiger partial charge is 0.325 e. The highest BCUT2D eigenvalue weighted by atomic mass is 16.2. The zero-order valence-corrected chi connectivity index (χ0v) is 12.1. The molecule has 1 aromatic carbocycles. The monoisotopic (exact) mass is 275 g/mol. The van der Waals surface area contributed by atoms with Crippen LogP contribution in [0.15, 0.2) is 24.3 Å². The standard InChI is InChI=1S/C15H21N3O2/c1-4-15(12-7-5-10(2)6-8-12)13(19)18(11(3)9-16)14(20)17-15/h5-8,11H,4,9,16H2,1-3H3,(H,17,20). The Morgan fingerprint density at radius 1 is 1.30 bits per heavy atom. The normalized spacial score (nSPS) is 23.9. The maximum absolute atomic E-state index is 12.7. The first kappa shape index (κ1) is 14.5. The van der Waals surface area contributed by atoms with Crippen molar-refractivity contribution >= 4 is 11.9 Å². The summed E-state index contributed by atoms with van der Waals surface area (Å²) >= 11 is 0. The van der Waals surface area contributed by atoms with E-state index >= 15 is 0 Å². The number of urea groups is 1. The highest BCUT2D eigenvalue weighted by Gasteiger charge is 2.52. The molecule has 1 saturated heterocycles. The molecule has 3 N–H and O–H groups in total. The van der Waals surface area contributed by atoms with Gasteiger partial charge >= 0.3 is 6.03 Å². The van der Waals surface area contributed by atoms with Gasteiger partial charge in [0.1, 0.15) is 5.54 Å². The van der Waals surface area contributed by atoms with Gasteiger partial charge in [0.15, 0.2) is 0 Å². The number of nitrogens with one attached hydrogen (secondary N) is 1. The first-order valence-electron chi connectivity index (χ1n) is 6.89. The number of nitrogens with zero attached hydrogens (tertiary/aromatic N) is 1. The lowest BCUT2D eigenvalue weighted by atomic mass is 9.86. The third-order valence-electron chi connectivity index (χ3n) is 3.98. The molecule has 0 aromatic heterocycles. The molecule has 0 bridgehead atoms. The molecule has 1 fully saturated rings. The van der Waals surface area contributed by atoms with Crippen LogP contribution in [-0.4, -0.2) is 29.4 Å². The van der Waals surface area contributed by atoms with Crippen molar-refractivity contribution < 1.29 is 9.59 Å². The topological polar surface area (TPSA) is 75.4 Å². The molecule has 2 atom stereocenters. The van der Waals surface area contributed by atoms with Crippen LogP contribution in [0.5, 0.6) is 0 Å². The van der Waals surface area contributed by atoms with Gasteiger partial charge in [0.05, 0.1) is 6.04 Å². The van der Waals surface area contributed by atoms with Crippen molar-refractivity contribution in [2.75, 3.05) is 6.54 Å². The fourth-order valence-electron chi connectivity index (χ4n) is 2.58. The molecule has 1 aliphatic rings. The largest absolute Gasteiger partial charge is 0.328 e. The fourth-order valence-corrected chi connectivity index (χ4v) is 2.58. The van der Waals surface area contributed by atoms with E-state index in [1.165, 1.54) is 4.90 Å². The summed E-state index contributed by atoms with van der Waals surface area (Å²) in [5.41, 5.74) is 6.56. The predicted octanol–water partition coefficient (Wildman–Crippen LogP) is 1.50. The summed E-state index contributed by atoms with van der Waals surface area (Å²) < 4.78 is 0. The van der Waals surface area contributed by atoms with Crippen LogP contribution in [0.1, 0.15) is 31.4 Å². The fraction of sp³-hybridized carbons (Fsp3) is 0.467. The van der Waals surface area contributed by atoms with Crippen molar-refractivity contribution in [3.05, 3.63) is 35.4 Å². The van der Waals surface area contributed by atoms with Gasteiger partial charge in [-0.1, -0.05) is 36.8 Å². The van der Waals surface area contributed by atoms with Crippen LogP contribution in [0.25, 0.3) is 0 Å². The number of amides is 3. The molecule has 5 heteroatoms. The number of hydrogen-bond donors (Lipinski definition) is 2. The second-order valence-corrected chi connectivity index (χ2v) is 5.31. The Balaban J connectivity index is 2.44. The third kappa shape index (κ3) is 2.08. The SMILES string of the molecule is CCC1(c2ccc(C)cc2)NC(=O)N(C(C)CN)C1=O. The van der Waals surface area contributed by atoms with Crippen LogP contribution < -0.4 is 11.1 Å². The second-order valence-electron chi connectivity index (χ2n) is 5.31. The Morgan fingerprint density at radius 2 is 1.90 bits per heavy atom. The molecular weight excluding hydrogens is 254 g/mol. The van der Waals surface area contributed by atoms with Crippen LogP contribution in [0.2, 0.25) is 0 Å². The van der Waals surface area contributed by atoms with Gasteiger partial charge in [-0.15, -0.1) is 0 Å². The summed E-state index contributed by atoms with van der Waals surface area (Å²) in [6, 6.07) is 7.01. The van der Waals surface area contributed by atoms with Crippen molar-refractivity contribution in [1.29, 1.82) is 0 Å². The summed E-state index contributed by atoms with van der Waals surface area (Å²) in [6.45, 7) is 5.92. The highest BCUT2D eigenvalue weighted by molar-refractivity contribution is 6.07. The molecule has 0 aliphatic carbocycles. The Hall–Kier alpha value is -1.88. The number of nitrogens with two attached hydrogens (primary N) is 1. The van der Waals surface area contributed by atoms with Crippen LogP contribution >= 0.6 is 0 Å². The lowest BCUT2D eigenvalue weighted by Crippen LogP contribution is -2.46. The number of benzene rings is 1. The van der Waals surface area contributed by atoms with E-state index in [2.05, 4.69) is 5.32 Å². The Labute approximate surface area is 119 Å². The summed E-state index contributed by atoms with van der Waals surface area (Å²) in [4.78, 5) is 26.1. The van der Waals surface area contributed by atoms with E-state index in [9.17, 15) is 9.59 Å². The van der Waals surface area contributed by atoms with Crippen molar-refractivity contribution in [2.45, 2.75) is 38.8 Å². The zero-order chi connectivity index (χ0) is 14.9. The predicted molar refractivity (Wildman–Crippen MR) is 77.0 cm³/mol. The first-order chi connectivity index (χ1) is 9.46. The van der Waals surface area contributed by atoms with E-state index in [4.69, 9.17) is 5.73 Å². The van der Waals surface area contributed by atoms with Crippen molar-refractivity contribution in [2.24, 2.45) is 5.73 Å². The maximum atomic E-state index is 12.7. The van der Waals surface area contributed by atoms with E-state index in [0.717, 1.165) is 11.1 Å². The van der Waals surface area contributed by atoms with Crippen molar-refractivity contribution in [1.82, 2.24) is 10.2 Å². The van der Waals surface area contributed by atoms with E-state index in [1.54, 1.807) is 6.92 Å². The van der Waals surface area contributed by atoms with Gasteiger partial charge in [-0.05, 0) is 25.8 Å². The summed E-state index contributed by atoms with van der Waals surface area (Å²) in [7, 11) is 0. The molecule has 5 nitrogen and oxygen atoms in total. The molecule has 3 amide bonds. The first-order valence-corrected chi connectivity index (χ1v) is 6.89. The maximum Gasteiger partial charge on any atom is 0.325 e. The van der Waals surface area contributed by atoms with Crippen LogP contribution in [0.3, 0.4) is 0 Å². The minimum Gasteiger partial charge on any atom is -0.328 e. The highest BCUT2D eigenvalue weighted by Crippen LogP contribution is 2.33. The molecule has 2 unspecified atom stereocenters. The lowest BCUT2D eigenvalue weighted by Gasteiger charge is -2.27. The van der Waals surface area contributed by atoms with Gasteiger partial charge in [0.2, 0.25) is 0 Å². The molecule has 1 aromatic rings.